The fourth-order valence-electron chi connectivity index (χ4n) is 3.36. The van der Waals surface area contributed by atoms with Crippen molar-refractivity contribution in [1.82, 2.24) is 4.90 Å². The first kappa shape index (κ1) is 15.5. The van der Waals surface area contributed by atoms with E-state index in [9.17, 15) is 0 Å². The van der Waals surface area contributed by atoms with Crippen LogP contribution in [0.3, 0.4) is 0 Å². The Morgan fingerprint density at radius 3 is 2.60 bits per heavy atom. The van der Waals surface area contributed by atoms with Gasteiger partial charge in [0.1, 0.15) is 0 Å². The van der Waals surface area contributed by atoms with Crippen molar-refractivity contribution in [2.75, 3.05) is 19.6 Å². The Bertz CT molecular complexity index is 400. The number of hydrogen-bond acceptors (Lipinski definition) is 2. The minimum Gasteiger partial charge on any atom is -0.330 e. The molecule has 1 unspecified atom stereocenters. The second kappa shape index (κ2) is 7.80. The largest absolute Gasteiger partial charge is 0.330 e. The molecule has 0 radical (unpaired) electrons. The zero-order valence-electron chi connectivity index (χ0n) is 13.1. The average Bonchev–Trinajstić information content (AvgIpc) is 2.67. The molecule has 2 nitrogen and oxygen atoms in total. The third kappa shape index (κ3) is 4.32. The van der Waals surface area contributed by atoms with Crippen LogP contribution in [-0.4, -0.2) is 24.5 Å². The fraction of sp³-hybridized carbons (Fsp3) is 0.667. The Morgan fingerprint density at radius 1 is 1.15 bits per heavy atom. The van der Waals surface area contributed by atoms with Crippen molar-refractivity contribution in [3.05, 3.63) is 35.4 Å². The Labute approximate surface area is 124 Å². The summed E-state index contributed by atoms with van der Waals surface area (Å²) in [5.74, 6) is 1.75. The molecule has 1 aliphatic rings. The van der Waals surface area contributed by atoms with Crippen molar-refractivity contribution >= 4 is 0 Å². The first-order valence-electron chi connectivity index (χ1n) is 8.20. The number of hydrogen-bond donors (Lipinski definition) is 1. The molecule has 1 saturated heterocycles. The molecule has 1 aromatic carbocycles. The van der Waals surface area contributed by atoms with Crippen LogP contribution in [0.15, 0.2) is 24.3 Å². The Morgan fingerprint density at radius 2 is 1.90 bits per heavy atom. The quantitative estimate of drug-likeness (QED) is 0.891. The lowest BCUT2D eigenvalue weighted by atomic mass is 9.89. The molecular weight excluding hydrogens is 244 g/mol. The van der Waals surface area contributed by atoms with Crippen molar-refractivity contribution in [2.24, 2.45) is 17.6 Å². The molecule has 112 valence electrons. The molecule has 0 saturated carbocycles. The lowest BCUT2D eigenvalue weighted by Gasteiger charge is -2.22. The molecule has 2 heteroatoms. The second-order valence-electron chi connectivity index (χ2n) is 6.52. The van der Waals surface area contributed by atoms with Gasteiger partial charge in [0.15, 0.2) is 0 Å². The van der Waals surface area contributed by atoms with Gasteiger partial charge in [-0.05, 0) is 68.3 Å². The van der Waals surface area contributed by atoms with E-state index in [-0.39, 0.29) is 0 Å². The highest BCUT2D eigenvalue weighted by Crippen LogP contribution is 2.25. The van der Waals surface area contributed by atoms with Gasteiger partial charge >= 0.3 is 0 Å². The average molecular weight is 274 g/mol. The molecule has 1 fully saturated rings. The van der Waals surface area contributed by atoms with Crippen molar-refractivity contribution in [2.45, 2.75) is 46.1 Å². The van der Waals surface area contributed by atoms with Gasteiger partial charge in [-0.2, -0.15) is 0 Å². The summed E-state index contributed by atoms with van der Waals surface area (Å²) in [6.07, 6.45) is 5.11. The Balaban J connectivity index is 1.96. The number of likely N-dealkylation sites (tertiary alicyclic amines) is 1. The maximum Gasteiger partial charge on any atom is 0.0236 e. The molecule has 2 N–H and O–H groups in total. The SMILES string of the molecule is CC(C)C1CCCN(Cc2ccccc2CCN)CC1. The lowest BCUT2D eigenvalue weighted by molar-refractivity contribution is 0.264. The number of rotatable bonds is 5. The predicted octanol–water partition coefficient (Wildman–Crippen LogP) is 3.45. The van der Waals surface area contributed by atoms with Gasteiger partial charge in [0, 0.05) is 6.54 Å². The van der Waals surface area contributed by atoms with Gasteiger partial charge in [-0.25, -0.2) is 0 Å². The first-order chi connectivity index (χ1) is 9.70. The number of benzene rings is 1. The summed E-state index contributed by atoms with van der Waals surface area (Å²) in [5.41, 5.74) is 8.63. The van der Waals surface area contributed by atoms with Crippen LogP contribution in [-0.2, 0) is 13.0 Å². The van der Waals surface area contributed by atoms with Crippen molar-refractivity contribution < 1.29 is 0 Å². The third-order valence-corrected chi connectivity index (χ3v) is 4.73. The standard InChI is InChI=1S/C18H30N2/c1-15(2)16-8-5-12-20(13-10-16)14-18-7-4-3-6-17(18)9-11-19/h3-4,6-7,15-16H,5,8-14,19H2,1-2H3. The molecule has 0 amide bonds. The zero-order valence-corrected chi connectivity index (χ0v) is 13.1. The van der Waals surface area contributed by atoms with Gasteiger partial charge < -0.3 is 5.73 Å². The maximum atomic E-state index is 5.73. The van der Waals surface area contributed by atoms with Gasteiger partial charge in [-0.3, -0.25) is 4.90 Å². The molecule has 1 atom stereocenters. The van der Waals surface area contributed by atoms with E-state index in [1.165, 1.54) is 43.5 Å². The van der Waals surface area contributed by atoms with Crippen LogP contribution in [0.2, 0.25) is 0 Å². The molecule has 1 heterocycles. The molecule has 0 aromatic heterocycles. The summed E-state index contributed by atoms with van der Waals surface area (Å²) in [6, 6.07) is 8.79. The van der Waals surface area contributed by atoms with Crippen LogP contribution < -0.4 is 5.73 Å². The van der Waals surface area contributed by atoms with Crippen molar-refractivity contribution in [3.8, 4) is 0 Å². The summed E-state index contributed by atoms with van der Waals surface area (Å²) < 4.78 is 0. The minimum absolute atomic E-state index is 0.742. The molecule has 0 aliphatic carbocycles. The minimum atomic E-state index is 0.742. The third-order valence-electron chi connectivity index (χ3n) is 4.73. The molecule has 20 heavy (non-hydrogen) atoms. The fourth-order valence-corrected chi connectivity index (χ4v) is 3.36. The summed E-state index contributed by atoms with van der Waals surface area (Å²) >= 11 is 0. The summed E-state index contributed by atoms with van der Waals surface area (Å²) in [5, 5.41) is 0. The lowest BCUT2D eigenvalue weighted by Crippen LogP contribution is -2.25. The molecular formula is C18H30N2. The Hall–Kier alpha value is -0.860. The number of nitrogens with two attached hydrogens (primary N) is 1. The van der Waals surface area contributed by atoms with E-state index in [1.54, 1.807) is 0 Å². The van der Waals surface area contributed by atoms with Crippen LogP contribution in [0, 0.1) is 11.8 Å². The predicted molar refractivity (Wildman–Crippen MR) is 86.7 cm³/mol. The van der Waals surface area contributed by atoms with Crippen LogP contribution in [0.5, 0.6) is 0 Å². The summed E-state index contributed by atoms with van der Waals surface area (Å²) in [7, 11) is 0. The van der Waals surface area contributed by atoms with E-state index < -0.39 is 0 Å². The monoisotopic (exact) mass is 274 g/mol. The highest BCUT2D eigenvalue weighted by Gasteiger charge is 2.19. The van der Waals surface area contributed by atoms with E-state index in [4.69, 9.17) is 5.73 Å². The van der Waals surface area contributed by atoms with Crippen LogP contribution in [0.4, 0.5) is 0 Å². The topological polar surface area (TPSA) is 29.3 Å². The van der Waals surface area contributed by atoms with Crippen molar-refractivity contribution in [3.63, 3.8) is 0 Å². The van der Waals surface area contributed by atoms with Gasteiger partial charge in [0.2, 0.25) is 0 Å². The smallest absolute Gasteiger partial charge is 0.0236 e. The van der Waals surface area contributed by atoms with E-state index in [2.05, 4.69) is 43.0 Å². The molecule has 0 spiro atoms. The van der Waals surface area contributed by atoms with Crippen LogP contribution >= 0.6 is 0 Å². The Kier molecular flexibility index (Phi) is 6.06. The van der Waals surface area contributed by atoms with E-state index in [1.807, 2.05) is 0 Å². The van der Waals surface area contributed by atoms with Crippen LogP contribution in [0.1, 0.15) is 44.2 Å². The van der Waals surface area contributed by atoms with E-state index in [0.717, 1.165) is 31.3 Å². The van der Waals surface area contributed by atoms with Gasteiger partial charge in [-0.1, -0.05) is 38.1 Å². The van der Waals surface area contributed by atoms with Crippen molar-refractivity contribution in [1.29, 1.82) is 0 Å². The highest BCUT2D eigenvalue weighted by atomic mass is 15.1. The zero-order chi connectivity index (χ0) is 14.4. The summed E-state index contributed by atoms with van der Waals surface area (Å²) in [6.45, 7) is 9.08. The molecule has 1 aromatic rings. The van der Waals surface area contributed by atoms with Gasteiger partial charge in [0.05, 0.1) is 0 Å². The highest BCUT2D eigenvalue weighted by molar-refractivity contribution is 5.27. The molecule has 2 rings (SSSR count). The first-order valence-corrected chi connectivity index (χ1v) is 8.20. The molecule has 0 bridgehead atoms. The van der Waals surface area contributed by atoms with Gasteiger partial charge in [-0.15, -0.1) is 0 Å². The summed E-state index contributed by atoms with van der Waals surface area (Å²) in [4.78, 5) is 2.64. The normalized spacial score (nSPS) is 21.1. The van der Waals surface area contributed by atoms with E-state index >= 15 is 0 Å². The second-order valence-corrected chi connectivity index (χ2v) is 6.52. The van der Waals surface area contributed by atoms with Gasteiger partial charge in [0.25, 0.3) is 0 Å². The van der Waals surface area contributed by atoms with E-state index in [0.29, 0.717) is 0 Å². The number of nitrogens with zero attached hydrogens (tertiary/aromatic N) is 1. The maximum absolute atomic E-state index is 5.73. The van der Waals surface area contributed by atoms with Crippen LogP contribution in [0.25, 0.3) is 0 Å². The molecule has 1 aliphatic heterocycles.